The van der Waals surface area contributed by atoms with Crippen molar-refractivity contribution >= 4 is 5.91 Å². The first kappa shape index (κ1) is 15.9. The molecule has 0 aliphatic heterocycles. The zero-order chi connectivity index (χ0) is 17.1. The SMILES string of the molecule is Cc1ccc(C(=O)NCc2ccc(-n3ccnc3C)nc2)c(C)c1. The minimum Gasteiger partial charge on any atom is -0.348 e. The fraction of sp³-hybridized carbons (Fsp3) is 0.211. The standard InChI is InChI=1S/C19H20N4O/c1-13-4-6-17(14(2)10-13)19(24)22-12-16-5-7-18(21-11-16)23-9-8-20-15(23)3/h4-11H,12H2,1-3H3,(H,22,24). The van der Waals surface area contributed by atoms with Gasteiger partial charge in [-0.05, 0) is 44.0 Å². The molecule has 24 heavy (non-hydrogen) atoms. The summed E-state index contributed by atoms with van der Waals surface area (Å²) >= 11 is 0. The van der Waals surface area contributed by atoms with Crippen LogP contribution in [0.15, 0.2) is 48.9 Å². The number of benzene rings is 1. The average Bonchev–Trinajstić information content (AvgIpc) is 2.99. The zero-order valence-corrected chi connectivity index (χ0v) is 14.1. The number of hydrogen-bond donors (Lipinski definition) is 1. The van der Waals surface area contributed by atoms with Crippen LogP contribution in [0.3, 0.4) is 0 Å². The first-order chi connectivity index (χ1) is 11.5. The molecule has 3 aromatic rings. The molecule has 0 fully saturated rings. The van der Waals surface area contributed by atoms with Gasteiger partial charge in [0, 0.05) is 30.7 Å². The second kappa shape index (κ2) is 6.66. The smallest absolute Gasteiger partial charge is 0.251 e. The van der Waals surface area contributed by atoms with E-state index < -0.39 is 0 Å². The van der Waals surface area contributed by atoms with Gasteiger partial charge in [-0.15, -0.1) is 0 Å². The van der Waals surface area contributed by atoms with E-state index in [9.17, 15) is 4.79 Å². The van der Waals surface area contributed by atoms with E-state index in [-0.39, 0.29) is 5.91 Å². The van der Waals surface area contributed by atoms with Crippen LogP contribution in [0.5, 0.6) is 0 Å². The van der Waals surface area contributed by atoms with Crippen LogP contribution in [-0.4, -0.2) is 20.4 Å². The van der Waals surface area contributed by atoms with Gasteiger partial charge < -0.3 is 5.32 Å². The molecule has 5 heteroatoms. The predicted molar refractivity (Wildman–Crippen MR) is 93.2 cm³/mol. The van der Waals surface area contributed by atoms with Gasteiger partial charge in [-0.2, -0.15) is 0 Å². The number of nitrogens with zero attached hydrogens (tertiary/aromatic N) is 3. The summed E-state index contributed by atoms with van der Waals surface area (Å²) in [5.41, 5.74) is 3.80. The molecular formula is C19H20N4O. The maximum atomic E-state index is 12.3. The first-order valence-electron chi connectivity index (χ1n) is 7.85. The number of rotatable bonds is 4. The number of aryl methyl sites for hydroxylation is 3. The summed E-state index contributed by atoms with van der Waals surface area (Å²) in [6.45, 7) is 6.34. The van der Waals surface area contributed by atoms with E-state index in [0.29, 0.717) is 12.1 Å². The highest BCUT2D eigenvalue weighted by atomic mass is 16.1. The van der Waals surface area contributed by atoms with E-state index in [4.69, 9.17) is 0 Å². The summed E-state index contributed by atoms with van der Waals surface area (Å²) in [7, 11) is 0. The van der Waals surface area contributed by atoms with E-state index in [0.717, 1.165) is 28.3 Å². The van der Waals surface area contributed by atoms with Crippen molar-refractivity contribution in [3.63, 3.8) is 0 Å². The number of carbonyl (C=O) groups is 1. The third-order valence-corrected chi connectivity index (χ3v) is 3.96. The quantitative estimate of drug-likeness (QED) is 0.803. The first-order valence-corrected chi connectivity index (χ1v) is 7.85. The summed E-state index contributed by atoms with van der Waals surface area (Å²) in [5.74, 6) is 1.63. The highest BCUT2D eigenvalue weighted by Crippen LogP contribution is 2.11. The summed E-state index contributed by atoms with van der Waals surface area (Å²) < 4.78 is 1.91. The van der Waals surface area contributed by atoms with Crippen molar-refractivity contribution in [2.45, 2.75) is 27.3 Å². The normalized spacial score (nSPS) is 10.6. The molecule has 0 spiro atoms. The van der Waals surface area contributed by atoms with E-state index in [1.807, 2.05) is 61.9 Å². The van der Waals surface area contributed by atoms with Crippen LogP contribution in [-0.2, 0) is 6.54 Å². The van der Waals surface area contributed by atoms with E-state index in [1.54, 1.807) is 12.4 Å². The molecular weight excluding hydrogens is 300 g/mol. The summed E-state index contributed by atoms with van der Waals surface area (Å²) in [6.07, 6.45) is 5.39. The van der Waals surface area contributed by atoms with E-state index in [2.05, 4.69) is 15.3 Å². The Bertz CT molecular complexity index is 865. The van der Waals surface area contributed by atoms with Crippen molar-refractivity contribution in [2.75, 3.05) is 0 Å². The Morgan fingerprint density at radius 2 is 1.96 bits per heavy atom. The summed E-state index contributed by atoms with van der Waals surface area (Å²) in [4.78, 5) is 20.9. The van der Waals surface area contributed by atoms with Crippen LogP contribution < -0.4 is 5.32 Å². The van der Waals surface area contributed by atoms with Gasteiger partial charge in [-0.1, -0.05) is 23.8 Å². The monoisotopic (exact) mass is 320 g/mol. The highest BCUT2D eigenvalue weighted by Gasteiger charge is 2.09. The second-order valence-corrected chi connectivity index (χ2v) is 5.87. The molecule has 0 aliphatic carbocycles. The minimum absolute atomic E-state index is 0.0676. The fourth-order valence-corrected chi connectivity index (χ4v) is 2.63. The number of carbonyl (C=O) groups excluding carboxylic acids is 1. The van der Waals surface area contributed by atoms with Gasteiger partial charge in [-0.25, -0.2) is 9.97 Å². The maximum Gasteiger partial charge on any atom is 0.251 e. The molecule has 1 N–H and O–H groups in total. The molecule has 3 rings (SSSR count). The van der Waals surface area contributed by atoms with E-state index >= 15 is 0 Å². The third-order valence-electron chi connectivity index (χ3n) is 3.96. The number of aromatic nitrogens is 3. The molecule has 2 heterocycles. The summed E-state index contributed by atoms with van der Waals surface area (Å²) in [6, 6.07) is 9.71. The molecule has 0 saturated carbocycles. The number of amides is 1. The van der Waals surface area contributed by atoms with Crippen molar-refractivity contribution in [3.8, 4) is 5.82 Å². The van der Waals surface area contributed by atoms with Crippen molar-refractivity contribution < 1.29 is 4.79 Å². The molecule has 1 aromatic carbocycles. The number of hydrogen-bond acceptors (Lipinski definition) is 3. The topological polar surface area (TPSA) is 59.8 Å². The summed E-state index contributed by atoms with van der Waals surface area (Å²) in [5, 5.41) is 2.94. The van der Waals surface area contributed by atoms with Gasteiger partial charge in [0.25, 0.3) is 5.91 Å². The van der Waals surface area contributed by atoms with Gasteiger partial charge in [0.05, 0.1) is 0 Å². The van der Waals surface area contributed by atoms with Crippen LogP contribution in [0.25, 0.3) is 5.82 Å². The molecule has 2 aromatic heterocycles. The highest BCUT2D eigenvalue weighted by molar-refractivity contribution is 5.95. The predicted octanol–water partition coefficient (Wildman–Crippen LogP) is 3.12. The van der Waals surface area contributed by atoms with Gasteiger partial charge in [0.1, 0.15) is 11.6 Å². The lowest BCUT2D eigenvalue weighted by Crippen LogP contribution is -2.23. The molecule has 5 nitrogen and oxygen atoms in total. The molecule has 0 saturated heterocycles. The van der Waals surface area contributed by atoms with Crippen molar-refractivity contribution in [1.82, 2.24) is 19.9 Å². The van der Waals surface area contributed by atoms with Crippen molar-refractivity contribution in [3.05, 3.63) is 77.0 Å². The van der Waals surface area contributed by atoms with Gasteiger partial charge in [0.15, 0.2) is 0 Å². The Hall–Kier alpha value is -2.95. The molecule has 0 aliphatic rings. The van der Waals surface area contributed by atoms with Crippen LogP contribution in [0.2, 0.25) is 0 Å². The van der Waals surface area contributed by atoms with Gasteiger partial charge in [-0.3, -0.25) is 9.36 Å². The minimum atomic E-state index is -0.0676. The third kappa shape index (κ3) is 3.35. The lowest BCUT2D eigenvalue weighted by atomic mass is 10.1. The lowest BCUT2D eigenvalue weighted by Gasteiger charge is -2.09. The Labute approximate surface area is 141 Å². The molecule has 0 bridgehead atoms. The largest absolute Gasteiger partial charge is 0.348 e. The lowest BCUT2D eigenvalue weighted by molar-refractivity contribution is 0.0950. The number of pyridine rings is 1. The Kier molecular flexibility index (Phi) is 4.42. The second-order valence-electron chi connectivity index (χ2n) is 5.87. The van der Waals surface area contributed by atoms with Crippen LogP contribution >= 0.6 is 0 Å². The molecule has 122 valence electrons. The van der Waals surface area contributed by atoms with E-state index in [1.165, 1.54) is 0 Å². The number of imidazole rings is 1. The average molecular weight is 320 g/mol. The van der Waals surface area contributed by atoms with Gasteiger partial charge >= 0.3 is 0 Å². The van der Waals surface area contributed by atoms with Crippen molar-refractivity contribution in [2.24, 2.45) is 0 Å². The van der Waals surface area contributed by atoms with Gasteiger partial charge in [0.2, 0.25) is 0 Å². The Balaban J connectivity index is 1.66. The Morgan fingerprint density at radius 1 is 1.12 bits per heavy atom. The van der Waals surface area contributed by atoms with Crippen molar-refractivity contribution in [1.29, 1.82) is 0 Å². The molecule has 0 unspecified atom stereocenters. The molecule has 1 amide bonds. The fourth-order valence-electron chi connectivity index (χ4n) is 2.63. The molecule has 0 atom stereocenters. The van der Waals surface area contributed by atoms with Crippen LogP contribution in [0, 0.1) is 20.8 Å². The molecule has 0 radical (unpaired) electrons. The Morgan fingerprint density at radius 3 is 2.58 bits per heavy atom. The number of nitrogens with one attached hydrogen (secondary N) is 1. The van der Waals surface area contributed by atoms with Crippen LogP contribution in [0.4, 0.5) is 0 Å². The van der Waals surface area contributed by atoms with Crippen LogP contribution in [0.1, 0.15) is 32.9 Å². The zero-order valence-electron chi connectivity index (χ0n) is 14.1. The maximum absolute atomic E-state index is 12.3.